The Balaban J connectivity index is 1.86. The van der Waals surface area contributed by atoms with Crippen LogP contribution in [0.4, 0.5) is 8.78 Å². The first kappa shape index (κ1) is 21.2. The van der Waals surface area contributed by atoms with Crippen LogP contribution in [0.3, 0.4) is 0 Å². The second-order valence-corrected chi connectivity index (χ2v) is 10.5. The van der Waals surface area contributed by atoms with E-state index in [1.165, 1.54) is 11.3 Å². The fraction of sp³-hybridized carbons (Fsp3) is 0.632. The topological polar surface area (TPSA) is 49.8 Å². The highest BCUT2D eigenvalue weighted by molar-refractivity contribution is 7.18. The third-order valence-electron chi connectivity index (χ3n) is 6.71. The third-order valence-corrected chi connectivity index (χ3v) is 7.57. The highest BCUT2D eigenvalue weighted by Gasteiger charge is 2.56. The Morgan fingerprint density at radius 2 is 1.10 bits per heavy atom. The summed E-state index contributed by atoms with van der Waals surface area (Å²) in [6, 6.07) is 0. The van der Waals surface area contributed by atoms with Crippen molar-refractivity contribution in [2.75, 3.05) is 0 Å². The van der Waals surface area contributed by atoms with Gasteiger partial charge < -0.3 is 18.6 Å². The minimum absolute atomic E-state index is 0.0268. The van der Waals surface area contributed by atoms with Crippen LogP contribution >= 0.6 is 11.3 Å². The number of rotatable bonds is 2. The maximum atomic E-state index is 15.4. The van der Waals surface area contributed by atoms with E-state index in [0.717, 1.165) is 0 Å². The summed E-state index contributed by atoms with van der Waals surface area (Å²) >= 11 is 1.21. The van der Waals surface area contributed by atoms with Gasteiger partial charge in [0.1, 0.15) is 0 Å². The Bertz CT molecular complexity index is 884. The van der Waals surface area contributed by atoms with E-state index in [1.807, 2.05) is 55.4 Å². The number of aromatic nitrogens is 1. The van der Waals surface area contributed by atoms with Gasteiger partial charge in [0.25, 0.3) is 0 Å². The molecule has 0 saturated carbocycles. The first-order valence-electron chi connectivity index (χ1n) is 9.64. The summed E-state index contributed by atoms with van der Waals surface area (Å²) in [6.07, 6.45) is 0. The molecular weight excluding hydrogens is 398 g/mol. The van der Waals surface area contributed by atoms with Gasteiger partial charge in [-0.3, -0.25) is 0 Å². The molecule has 10 heteroatoms. The van der Waals surface area contributed by atoms with Crippen LogP contribution in [0.25, 0.3) is 10.2 Å². The van der Waals surface area contributed by atoms with Crippen molar-refractivity contribution in [3.63, 3.8) is 0 Å². The van der Waals surface area contributed by atoms with Crippen molar-refractivity contribution in [3.8, 4) is 0 Å². The summed E-state index contributed by atoms with van der Waals surface area (Å²) < 4.78 is 55.1. The summed E-state index contributed by atoms with van der Waals surface area (Å²) in [6.45, 7) is 14.9. The molecule has 2 saturated heterocycles. The van der Waals surface area contributed by atoms with Gasteiger partial charge in [0.2, 0.25) is 0 Å². The number of thiazole rings is 1. The van der Waals surface area contributed by atoms with E-state index >= 15 is 8.78 Å². The first-order valence-corrected chi connectivity index (χ1v) is 10.5. The van der Waals surface area contributed by atoms with Crippen LogP contribution in [0.2, 0.25) is 0 Å². The van der Waals surface area contributed by atoms with Gasteiger partial charge in [0, 0.05) is 10.9 Å². The zero-order valence-corrected chi connectivity index (χ0v) is 18.8. The maximum absolute atomic E-state index is 15.4. The fourth-order valence-electron chi connectivity index (χ4n) is 3.42. The lowest BCUT2D eigenvalue weighted by molar-refractivity contribution is 0.00578. The van der Waals surface area contributed by atoms with Crippen LogP contribution in [0.15, 0.2) is 5.51 Å². The Labute approximate surface area is 174 Å². The molecule has 156 valence electrons. The molecule has 2 aliphatic heterocycles. The van der Waals surface area contributed by atoms with Crippen LogP contribution in [-0.4, -0.2) is 41.6 Å². The number of fused-ring (bicyclic) bond motifs is 1. The van der Waals surface area contributed by atoms with Crippen molar-refractivity contribution in [2.45, 2.75) is 77.8 Å². The van der Waals surface area contributed by atoms with E-state index in [0.29, 0.717) is 10.2 Å². The van der Waals surface area contributed by atoms with Crippen LogP contribution < -0.4 is 10.9 Å². The average Bonchev–Trinajstić information content (AvgIpc) is 3.15. The molecule has 1 aromatic heterocycles. The molecule has 2 aliphatic rings. The van der Waals surface area contributed by atoms with Gasteiger partial charge in [0.15, 0.2) is 11.6 Å². The lowest BCUT2D eigenvalue weighted by atomic mass is 9.72. The van der Waals surface area contributed by atoms with E-state index in [1.54, 1.807) is 5.51 Å². The summed E-state index contributed by atoms with van der Waals surface area (Å²) in [4.78, 5) is 4.31. The average molecular weight is 423 g/mol. The molecule has 0 atom stereocenters. The van der Waals surface area contributed by atoms with Gasteiger partial charge in [-0.1, -0.05) is 0 Å². The van der Waals surface area contributed by atoms with Crippen LogP contribution in [-0.2, 0) is 18.6 Å². The lowest BCUT2D eigenvalue weighted by Gasteiger charge is -2.32. The van der Waals surface area contributed by atoms with Crippen LogP contribution in [0.5, 0.6) is 0 Å². The summed E-state index contributed by atoms with van der Waals surface area (Å²) in [7, 11) is -2.10. The number of hydrogen-bond donors (Lipinski definition) is 0. The Morgan fingerprint density at radius 3 is 1.55 bits per heavy atom. The molecule has 0 aliphatic carbocycles. The largest absolute Gasteiger partial charge is 0.500 e. The SMILES string of the molecule is CC1(C)OB(c2c(F)c(F)c(B3OC(C)(C)C(C)(C)O3)c3scnc23)OC1(C)C. The molecule has 4 rings (SSSR count). The Morgan fingerprint density at radius 1 is 0.724 bits per heavy atom. The van der Waals surface area contributed by atoms with Gasteiger partial charge in [-0.25, -0.2) is 13.8 Å². The maximum Gasteiger partial charge on any atom is 0.500 e. The normalized spacial score (nSPS) is 24.6. The highest BCUT2D eigenvalue weighted by Crippen LogP contribution is 2.39. The van der Waals surface area contributed by atoms with Crippen molar-refractivity contribution in [1.82, 2.24) is 4.98 Å². The molecule has 2 aromatic rings. The van der Waals surface area contributed by atoms with E-state index in [9.17, 15) is 0 Å². The molecule has 29 heavy (non-hydrogen) atoms. The molecule has 0 unspecified atom stereocenters. The molecule has 5 nitrogen and oxygen atoms in total. The second kappa shape index (κ2) is 6.23. The number of hydrogen-bond acceptors (Lipinski definition) is 6. The van der Waals surface area contributed by atoms with E-state index in [4.69, 9.17) is 18.6 Å². The van der Waals surface area contributed by atoms with E-state index < -0.39 is 48.3 Å². The minimum Gasteiger partial charge on any atom is -0.399 e. The fourth-order valence-corrected chi connectivity index (χ4v) is 4.27. The summed E-state index contributed by atoms with van der Waals surface area (Å²) in [5.74, 6) is -2.07. The standard InChI is InChI=1S/C19H25B2F2NO4S/c1-16(2)17(3,4)26-20(25-16)10-12(22)13(23)11(15-14(10)24-9-29-15)21-27-18(5,6)19(7,8)28-21/h9H,1-8H3. The second-order valence-electron chi connectivity index (χ2n) is 9.66. The van der Waals surface area contributed by atoms with Gasteiger partial charge in [-0.2, -0.15) is 0 Å². The van der Waals surface area contributed by atoms with Gasteiger partial charge in [0.05, 0.1) is 38.1 Å². The van der Waals surface area contributed by atoms with Crippen molar-refractivity contribution < 1.29 is 27.4 Å². The molecule has 0 spiro atoms. The minimum atomic E-state index is -1.06. The predicted octanol–water partition coefficient (Wildman–Crippen LogP) is 3.17. The molecular formula is C19H25B2F2NO4S. The molecule has 0 radical (unpaired) electrons. The Kier molecular flexibility index (Phi) is 4.55. The Hall–Kier alpha value is -1.06. The number of benzene rings is 1. The molecule has 2 fully saturated rings. The van der Waals surface area contributed by atoms with Gasteiger partial charge >= 0.3 is 14.2 Å². The molecule has 0 bridgehead atoms. The molecule has 3 heterocycles. The monoisotopic (exact) mass is 423 g/mol. The van der Waals surface area contributed by atoms with Crippen LogP contribution in [0, 0.1) is 11.6 Å². The van der Waals surface area contributed by atoms with Crippen molar-refractivity contribution in [2.24, 2.45) is 0 Å². The smallest absolute Gasteiger partial charge is 0.399 e. The van der Waals surface area contributed by atoms with Crippen molar-refractivity contribution in [1.29, 1.82) is 0 Å². The molecule has 1 aromatic carbocycles. The first-order chi connectivity index (χ1) is 13.2. The van der Waals surface area contributed by atoms with Crippen LogP contribution in [0.1, 0.15) is 55.4 Å². The van der Waals surface area contributed by atoms with E-state index in [-0.39, 0.29) is 10.9 Å². The highest BCUT2D eigenvalue weighted by atomic mass is 32.1. The third kappa shape index (κ3) is 2.98. The van der Waals surface area contributed by atoms with Crippen molar-refractivity contribution in [3.05, 3.63) is 17.1 Å². The summed E-state index contributed by atoms with van der Waals surface area (Å²) in [5, 5.41) is 0. The zero-order valence-electron chi connectivity index (χ0n) is 18.0. The summed E-state index contributed by atoms with van der Waals surface area (Å²) in [5.41, 5.74) is -0.883. The van der Waals surface area contributed by atoms with Gasteiger partial charge in [-0.05, 0) is 55.4 Å². The molecule has 0 amide bonds. The number of halogens is 2. The zero-order chi connectivity index (χ0) is 21.6. The van der Waals surface area contributed by atoms with E-state index in [2.05, 4.69) is 4.98 Å². The quantitative estimate of drug-likeness (QED) is 0.695. The lowest BCUT2D eigenvalue weighted by Crippen LogP contribution is -2.44. The molecule has 0 N–H and O–H groups in total. The number of nitrogens with zero attached hydrogens (tertiary/aromatic N) is 1. The van der Waals surface area contributed by atoms with Crippen molar-refractivity contribution >= 4 is 46.7 Å². The predicted molar refractivity (Wildman–Crippen MR) is 111 cm³/mol. The van der Waals surface area contributed by atoms with Gasteiger partial charge in [-0.15, -0.1) is 11.3 Å².